The summed E-state index contributed by atoms with van der Waals surface area (Å²) >= 11 is 12.3. The summed E-state index contributed by atoms with van der Waals surface area (Å²) in [6.07, 6.45) is 0. The van der Waals surface area contributed by atoms with E-state index in [0.29, 0.717) is 10.7 Å². The zero-order valence-electron chi connectivity index (χ0n) is 17.2. The molecule has 5 nitrogen and oxygen atoms in total. The average molecular weight is 489 g/mol. The van der Waals surface area contributed by atoms with Crippen molar-refractivity contribution in [2.45, 2.75) is 13.5 Å². The molecule has 3 aromatic carbocycles. The largest absolute Gasteiger partial charge is 0.483 e. The van der Waals surface area contributed by atoms with Crippen molar-refractivity contribution in [3.05, 3.63) is 99.2 Å². The Morgan fingerprint density at radius 3 is 2.33 bits per heavy atom. The zero-order valence-corrected chi connectivity index (χ0v) is 18.7. The SMILES string of the molecule is Cc1c(C(=O)O)nn(-c2ccc(Cl)cc2Cl)c1-c1cc(F)c(OCc2ccccc2)c(F)c1. The van der Waals surface area contributed by atoms with Crippen molar-refractivity contribution < 1.29 is 23.4 Å². The van der Waals surface area contributed by atoms with E-state index in [2.05, 4.69) is 5.10 Å². The molecule has 0 amide bonds. The maximum Gasteiger partial charge on any atom is 0.356 e. The highest BCUT2D eigenvalue weighted by Crippen LogP contribution is 2.35. The molecule has 0 fully saturated rings. The van der Waals surface area contributed by atoms with Crippen molar-refractivity contribution in [1.82, 2.24) is 9.78 Å². The number of hydrogen-bond acceptors (Lipinski definition) is 3. The summed E-state index contributed by atoms with van der Waals surface area (Å²) in [5, 5.41) is 14.2. The van der Waals surface area contributed by atoms with Gasteiger partial charge in [-0.3, -0.25) is 0 Å². The van der Waals surface area contributed by atoms with Crippen LogP contribution in [0.1, 0.15) is 21.6 Å². The number of carbonyl (C=O) groups is 1. The number of aromatic carboxylic acids is 1. The van der Waals surface area contributed by atoms with Crippen LogP contribution in [0, 0.1) is 18.6 Å². The summed E-state index contributed by atoms with van der Waals surface area (Å²) in [5.41, 5.74) is 1.23. The average Bonchev–Trinajstić information content (AvgIpc) is 3.11. The predicted octanol–water partition coefficient (Wildman–Crippen LogP) is 6.71. The molecule has 0 aliphatic carbocycles. The summed E-state index contributed by atoms with van der Waals surface area (Å²) in [6.45, 7) is 1.48. The van der Waals surface area contributed by atoms with Crippen LogP contribution in [0.15, 0.2) is 60.7 Å². The lowest BCUT2D eigenvalue weighted by molar-refractivity contribution is 0.0689. The molecule has 0 atom stereocenters. The lowest BCUT2D eigenvalue weighted by atomic mass is 10.1. The molecule has 4 rings (SSSR count). The lowest BCUT2D eigenvalue weighted by Crippen LogP contribution is -2.04. The molecule has 0 saturated carbocycles. The number of ether oxygens (including phenoxy) is 1. The highest BCUT2D eigenvalue weighted by molar-refractivity contribution is 6.35. The van der Waals surface area contributed by atoms with E-state index in [-0.39, 0.29) is 34.1 Å². The van der Waals surface area contributed by atoms with Gasteiger partial charge in [0.05, 0.1) is 16.4 Å². The first-order chi connectivity index (χ1) is 15.8. The van der Waals surface area contributed by atoms with Gasteiger partial charge < -0.3 is 9.84 Å². The molecule has 168 valence electrons. The number of halogens is 4. The fourth-order valence-corrected chi connectivity index (χ4v) is 3.92. The number of benzene rings is 3. The monoisotopic (exact) mass is 488 g/mol. The molecule has 1 heterocycles. The fraction of sp³-hybridized carbons (Fsp3) is 0.0833. The topological polar surface area (TPSA) is 64.3 Å². The molecule has 4 aromatic rings. The molecule has 33 heavy (non-hydrogen) atoms. The summed E-state index contributed by atoms with van der Waals surface area (Å²) in [4.78, 5) is 11.7. The van der Waals surface area contributed by atoms with Gasteiger partial charge in [-0.25, -0.2) is 18.3 Å². The summed E-state index contributed by atoms with van der Waals surface area (Å²) in [6, 6.07) is 15.6. The van der Waals surface area contributed by atoms with E-state index in [0.717, 1.165) is 17.7 Å². The van der Waals surface area contributed by atoms with E-state index in [1.807, 2.05) is 6.07 Å². The zero-order chi connectivity index (χ0) is 23.7. The van der Waals surface area contributed by atoms with Gasteiger partial charge in [-0.1, -0.05) is 53.5 Å². The molecule has 0 bridgehead atoms. The minimum absolute atomic E-state index is 0.0193. The number of hydrogen-bond donors (Lipinski definition) is 1. The van der Waals surface area contributed by atoms with Gasteiger partial charge in [-0.2, -0.15) is 5.10 Å². The Bertz CT molecular complexity index is 1330. The van der Waals surface area contributed by atoms with E-state index in [1.54, 1.807) is 30.3 Å². The molecule has 1 aromatic heterocycles. The third-order valence-electron chi connectivity index (χ3n) is 4.96. The van der Waals surface area contributed by atoms with E-state index >= 15 is 0 Å². The van der Waals surface area contributed by atoms with Crippen LogP contribution in [0.5, 0.6) is 5.75 Å². The van der Waals surface area contributed by atoms with Gasteiger partial charge in [0.2, 0.25) is 0 Å². The highest BCUT2D eigenvalue weighted by Gasteiger charge is 2.25. The minimum atomic E-state index is -1.29. The second-order valence-electron chi connectivity index (χ2n) is 7.18. The van der Waals surface area contributed by atoms with Gasteiger partial charge >= 0.3 is 5.97 Å². The van der Waals surface area contributed by atoms with Gasteiger partial charge in [0.25, 0.3) is 0 Å². The van der Waals surface area contributed by atoms with Crippen LogP contribution in [-0.2, 0) is 6.61 Å². The van der Waals surface area contributed by atoms with Crippen LogP contribution < -0.4 is 4.74 Å². The van der Waals surface area contributed by atoms with Crippen molar-refractivity contribution in [2.75, 3.05) is 0 Å². The smallest absolute Gasteiger partial charge is 0.356 e. The molecule has 1 N–H and O–H groups in total. The predicted molar refractivity (Wildman–Crippen MR) is 121 cm³/mol. The molecular weight excluding hydrogens is 473 g/mol. The molecule has 9 heteroatoms. The van der Waals surface area contributed by atoms with Gasteiger partial charge in [-0.05, 0) is 42.8 Å². The maximum atomic E-state index is 14.9. The normalized spacial score (nSPS) is 10.9. The van der Waals surface area contributed by atoms with E-state index in [1.165, 1.54) is 23.7 Å². The third kappa shape index (κ3) is 4.55. The Labute approximate surface area is 197 Å². The quantitative estimate of drug-likeness (QED) is 0.327. The molecule has 0 spiro atoms. The second kappa shape index (κ2) is 9.21. The van der Waals surface area contributed by atoms with Crippen molar-refractivity contribution in [1.29, 1.82) is 0 Å². The van der Waals surface area contributed by atoms with Crippen molar-refractivity contribution in [3.8, 4) is 22.7 Å². The van der Waals surface area contributed by atoms with E-state index < -0.39 is 23.4 Å². The standard InChI is InChI=1S/C24H16Cl2F2N2O3/c1-13-21(24(31)32)29-30(20-8-7-16(25)11-17(20)26)22(13)15-9-18(27)23(19(28)10-15)33-12-14-5-3-2-4-6-14/h2-11H,12H2,1H3,(H,31,32). The number of carboxylic acid groups (broad SMARTS) is 1. The Hall–Kier alpha value is -3.42. The van der Waals surface area contributed by atoms with Crippen molar-refractivity contribution >= 4 is 29.2 Å². The van der Waals surface area contributed by atoms with Crippen LogP contribution in [0.3, 0.4) is 0 Å². The molecule has 0 saturated heterocycles. The Kier molecular flexibility index (Phi) is 6.35. The lowest BCUT2D eigenvalue weighted by Gasteiger charge is -2.13. The van der Waals surface area contributed by atoms with Crippen LogP contribution >= 0.6 is 23.2 Å². The molecule has 0 aliphatic rings. The molecule has 0 aliphatic heterocycles. The fourth-order valence-electron chi connectivity index (χ4n) is 3.43. The molecule has 0 unspecified atom stereocenters. The Morgan fingerprint density at radius 1 is 1.06 bits per heavy atom. The summed E-state index contributed by atoms with van der Waals surface area (Å²) < 4.78 is 36.4. The number of carboxylic acids is 1. The van der Waals surface area contributed by atoms with Gasteiger partial charge in [0, 0.05) is 16.1 Å². The van der Waals surface area contributed by atoms with Crippen molar-refractivity contribution in [3.63, 3.8) is 0 Å². The van der Waals surface area contributed by atoms with E-state index in [9.17, 15) is 18.7 Å². The Balaban J connectivity index is 1.80. The number of aromatic nitrogens is 2. The number of rotatable bonds is 6. The summed E-state index contributed by atoms with van der Waals surface area (Å²) in [7, 11) is 0. The van der Waals surface area contributed by atoms with Gasteiger partial charge in [0.15, 0.2) is 23.1 Å². The van der Waals surface area contributed by atoms with Crippen LogP contribution in [-0.4, -0.2) is 20.9 Å². The second-order valence-corrected chi connectivity index (χ2v) is 8.02. The van der Waals surface area contributed by atoms with E-state index in [4.69, 9.17) is 27.9 Å². The van der Waals surface area contributed by atoms with Gasteiger partial charge in [0.1, 0.15) is 6.61 Å². The highest BCUT2D eigenvalue weighted by atomic mass is 35.5. The Morgan fingerprint density at radius 2 is 1.73 bits per heavy atom. The van der Waals surface area contributed by atoms with Crippen LogP contribution in [0.2, 0.25) is 10.0 Å². The summed E-state index contributed by atoms with van der Waals surface area (Å²) in [5.74, 6) is -3.70. The van der Waals surface area contributed by atoms with Gasteiger partial charge in [-0.15, -0.1) is 0 Å². The molecular formula is C24H16Cl2F2N2O3. The third-order valence-corrected chi connectivity index (χ3v) is 5.50. The van der Waals surface area contributed by atoms with Crippen LogP contribution in [0.4, 0.5) is 8.78 Å². The minimum Gasteiger partial charge on any atom is -0.483 e. The first-order valence-electron chi connectivity index (χ1n) is 9.70. The first-order valence-corrected chi connectivity index (χ1v) is 10.5. The van der Waals surface area contributed by atoms with Crippen LogP contribution in [0.25, 0.3) is 16.9 Å². The number of nitrogens with zero attached hydrogens (tertiary/aromatic N) is 2. The molecule has 0 radical (unpaired) electrons. The van der Waals surface area contributed by atoms with Crippen molar-refractivity contribution in [2.24, 2.45) is 0 Å². The maximum absolute atomic E-state index is 14.9. The first kappa shape index (κ1) is 22.8.